The molecule has 0 bridgehead atoms. The summed E-state index contributed by atoms with van der Waals surface area (Å²) >= 11 is 0. The topological polar surface area (TPSA) is 61.1 Å². The molecule has 0 spiro atoms. The number of carboxylic acid groups (broad SMARTS) is 1. The molecule has 0 aromatic heterocycles. The van der Waals surface area contributed by atoms with Gasteiger partial charge in [-0.15, -0.1) is 0 Å². The van der Waals surface area contributed by atoms with E-state index < -0.39 is 11.8 Å². The van der Waals surface area contributed by atoms with E-state index in [9.17, 15) is 9.18 Å². The molecule has 1 aliphatic carbocycles. The molecule has 0 aliphatic heterocycles. The Hall–Kier alpha value is -1.89. The van der Waals surface area contributed by atoms with Crippen molar-refractivity contribution in [3.05, 3.63) is 35.1 Å². The molecule has 0 heterocycles. The quantitative estimate of drug-likeness (QED) is 0.801. The van der Waals surface area contributed by atoms with Gasteiger partial charge in [-0.2, -0.15) is 5.26 Å². The summed E-state index contributed by atoms with van der Waals surface area (Å²) in [5, 5.41) is 17.3. The fraction of sp³-hybridized carbons (Fsp3) is 0.273. The van der Waals surface area contributed by atoms with Crippen LogP contribution in [0.5, 0.6) is 0 Å². The highest BCUT2D eigenvalue weighted by Crippen LogP contribution is 2.47. The number of hydrogen-bond acceptors (Lipinski definition) is 2. The maximum absolute atomic E-state index is 13.0. The molecule has 0 radical (unpaired) electrons. The summed E-state index contributed by atoms with van der Waals surface area (Å²) in [7, 11) is 0. The zero-order chi connectivity index (χ0) is 11.0. The van der Waals surface area contributed by atoms with Gasteiger partial charge >= 0.3 is 5.97 Å². The molecule has 0 saturated heterocycles. The van der Waals surface area contributed by atoms with E-state index in [4.69, 9.17) is 10.4 Å². The minimum absolute atomic E-state index is 0.0245. The van der Waals surface area contributed by atoms with Crippen LogP contribution >= 0.6 is 0 Å². The summed E-state index contributed by atoms with van der Waals surface area (Å²) in [6.07, 6.45) is 0.575. The van der Waals surface area contributed by atoms with Crippen LogP contribution in [0.15, 0.2) is 18.2 Å². The third kappa shape index (κ3) is 1.68. The molecule has 2 atom stereocenters. The van der Waals surface area contributed by atoms with Crippen molar-refractivity contribution in [2.24, 2.45) is 5.92 Å². The predicted octanol–water partition coefficient (Wildman–Crippen LogP) is 1.89. The average Bonchev–Trinajstić information content (AvgIpc) is 2.98. The molecular weight excluding hydrogens is 197 g/mol. The number of aliphatic carboxylic acids is 1. The Morgan fingerprint density at radius 2 is 2.33 bits per heavy atom. The number of nitrogens with zero attached hydrogens (tertiary/aromatic N) is 1. The summed E-state index contributed by atoms with van der Waals surface area (Å²) in [6, 6.07) is 5.93. The maximum atomic E-state index is 13.0. The fourth-order valence-corrected chi connectivity index (χ4v) is 1.70. The normalized spacial score (nSPS) is 23.2. The van der Waals surface area contributed by atoms with Crippen molar-refractivity contribution in [3.63, 3.8) is 0 Å². The van der Waals surface area contributed by atoms with Gasteiger partial charge in [-0.1, -0.05) is 6.07 Å². The summed E-state index contributed by atoms with van der Waals surface area (Å²) < 4.78 is 13.0. The Morgan fingerprint density at radius 1 is 1.60 bits per heavy atom. The standard InChI is InChI=1S/C11H8FNO2/c12-10-2-1-6(3-7(10)5-13)8-4-9(8)11(14)15/h1-3,8-9H,4H2,(H,14,15)/t8-,9+/m0/s1. The average molecular weight is 205 g/mol. The first kappa shape index (κ1) is 9.66. The Morgan fingerprint density at radius 3 is 2.87 bits per heavy atom. The number of hydrogen-bond donors (Lipinski definition) is 1. The van der Waals surface area contributed by atoms with E-state index in [1.54, 1.807) is 12.1 Å². The van der Waals surface area contributed by atoms with E-state index in [-0.39, 0.29) is 17.4 Å². The first-order valence-electron chi connectivity index (χ1n) is 4.56. The van der Waals surface area contributed by atoms with E-state index in [1.165, 1.54) is 12.1 Å². The van der Waals surface area contributed by atoms with Gasteiger partial charge in [0.05, 0.1) is 11.5 Å². The number of rotatable bonds is 2. The molecule has 4 heteroatoms. The van der Waals surface area contributed by atoms with Crippen LogP contribution in [0.25, 0.3) is 0 Å². The van der Waals surface area contributed by atoms with E-state index >= 15 is 0 Å². The van der Waals surface area contributed by atoms with Gasteiger partial charge in [0.15, 0.2) is 0 Å². The molecule has 0 amide bonds. The molecular formula is C11H8FNO2. The number of carboxylic acids is 1. The molecule has 15 heavy (non-hydrogen) atoms. The lowest BCUT2D eigenvalue weighted by atomic mass is 10.1. The van der Waals surface area contributed by atoms with Crippen molar-refractivity contribution < 1.29 is 14.3 Å². The Kier molecular flexibility index (Phi) is 2.16. The monoisotopic (exact) mass is 205 g/mol. The van der Waals surface area contributed by atoms with E-state index in [0.29, 0.717) is 6.42 Å². The molecule has 2 rings (SSSR count). The zero-order valence-electron chi connectivity index (χ0n) is 7.77. The van der Waals surface area contributed by atoms with Gasteiger partial charge in [-0.25, -0.2) is 4.39 Å². The van der Waals surface area contributed by atoms with Crippen molar-refractivity contribution in [1.82, 2.24) is 0 Å². The molecule has 1 aromatic carbocycles. The highest BCUT2D eigenvalue weighted by molar-refractivity contribution is 5.75. The molecule has 1 saturated carbocycles. The second kappa shape index (κ2) is 3.35. The number of benzene rings is 1. The van der Waals surface area contributed by atoms with Crippen LogP contribution in [0.3, 0.4) is 0 Å². The predicted molar refractivity (Wildman–Crippen MR) is 49.6 cm³/mol. The largest absolute Gasteiger partial charge is 0.481 e. The lowest BCUT2D eigenvalue weighted by molar-refractivity contribution is -0.138. The molecule has 1 aromatic rings. The minimum Gasteiger partial charge on any atom is -0.481 e. The summed E-state index contributed by atoms with van der Waals surface area (Å²) in [6.45, 7) is 0. The number of halogens is 1. The van der Waals surface area contributed by atoms with Crippen molar-refractivity contribution in [2.45, 2.75) is 12.3 Å². The molecule has 3 nitrogen and oxygen atoms in total. The van der Waals surface area contributed by atoms with E-state index in [1.807, 2.05) is 0 Å². The van der Waals surface area contributed by atoms with Crippen LogP contribution in [-0.4, -0.2) is 11.1 Å². The maximum Gasteiger partial charge on any atom is 0.307 e. The van der Waals surface area contributed by atoms with Gasteiger partial charge in [0.25, 0.3) is 0 Å². The third-order valence-corrected chi connectivity index (χ3v) is 2.65. The Balaban J connectivity index is 2.26. The van der Waals surface area contributed by atoms with Gasteiger partial charge in [-0.3, -0.25) is 4.79 Å². The Labute approximate surface area is 85.8 Å². The van der Waals surface area contributed by atoms with Crippen molar-refractivity contribution >= 4 is 5.97 Å². The second-order valence-corrected chi connectivity index (χ2v) is 3.64. The van der Waals surface area contributed by atoms with Gasteiger partial charge in [0.1, 0.15) is 11.9 Å². The highest BCUT2D eigenvalue weighted by Gasteiger charge is 2.44. The lowest BCUT2D eigenvalue weighted by Gasteiger charge is -1.99. The van der Waals surface area contributed by atoms with Crippen molar-refractivity contribution in [1.29, 1.82) is 5.26 Å². The van der Waals surface area contributed by atoms with E-state index in [0.717, 1.165) is 5.56 Å². The smallest absolute Gasteiger partial charge is 0.307 e. The fourth-order valence-electron chi connectivity index (χ4n) is 1.70. The molecule has 76 valence electrons. The van der Waals surface area contributed by atoms with Gasteiger partial charge in [-0.05, 0) is 30.0 Å². The van der Waals surface area contributed by atoms with Crippen LogP contribution in [0.2, 0.25) is 0 Å². The van der Waals surface area contributed by atoms with Crippen LogP contribution < -0.4 is 0 Å². The van der Waals surface area contributed by atoms with Crippen LogP contribution in [0.1, 0.15) is 23.5 Å². The summed E-state index contributed by atoms with van der Waals surface area (Å²) in [5.74, 6) is -1.83. The minimum atomic E-state index is -0.831. The van der Waals surface area contributed by atoms with Gasteiger partial charge in [0, 0.05) is 0 Å². The Bertz CT molecular complexity index is 464. The van der Waals surface area contributed by atoms with Crippen LogP contribution in [-0.2, 0) is 4.79 Å². The van der Waals surface area contributed by atoms with Crippen molar-refractivity contribution in [2.75, 3.05) is 0 Å². The second-order valence-electron chi connectivity index (χ2n) is 3.64. The molecule has 1 aliphatic rings. The molecule has 1 N–H and O–H groups in total. The summed E-state index contributed by atoms with van der Waals surface area (Å²) in [4.78, 5) is 10.6. The molecule has 0 unspecified atom stereocenters. The van der Waals surface area contributed by atoms with Crippen LogP contribution in [0, 0.1) is 23.1 Å². The van der Waals surface area contributed by atoms with Gasteiger partial charge < -0.3 is 5.11 Å². The van der Waals surface area contributed by atoms with Gasteiger partial charge in [0.2, 0.25) is 0 Å². The summed E-state index contributed by atoms with van der Waals surface area (Å²) in [5.41, 5.74) is 0.712. The lowest BCUT2D eigenvalue weighted by Crippen LogP contribution is -1.99. The van der Waals surface area contributed by atoms with Crippen molar-refractivity contribution in [3.8, 4) is 6.07 Å². The zero-order valence-corrected chi connectivity index (χ0v) is 7.77. The SMILES string of the molecule is N#Cc1cc([C@@H]2C[C@H]2C(=O)O)ccc1F. The van der Waals surface area contributed by atoms with Crippen LogP contribution in [0.4, 0.5) is 4.39 Å². The first-order valence-corrected chi connectivity index (χ1v) is 4.56. The highest BCUT2D eigenvalue weighted by atomic mass is 19.1. The molecule has 1 fully saturated rings. The third-order valence-electron chi connectivity index (χ3n) is 2.65. The first-order chi connectivity index (χ1) is 7.13. The van der Waals surface area contributed by atoms with E-state index in [2.05, 4.69) is 0 Å². The number of nitriles is 1. The number of carbonyl (C=O) groups is 1.